The summed E-state index contributed by atoms with van der Waals surface area (Å²) >= 11 is 11.9. The number of sulfonamides is 1. The van der Waals surface area contributed by atoms with Crippen LogP contribution in [0.15, 0.2) is 58.3 Å². The standard InChI is InChI=1S/C16H15Cl2NO4S2/c17-12-6-7-15(18)16(10-12)25(22,23)19-9-8-14(11-19)24(20,21)13-4-2-1-3-5-13/h1-7,10,14H,8-9,11H2/t14-/m0/s1. The van der Waals surface area contributed by atoms with Crippen LogP contribution >= 0.6 is 23.2 Å². The highest BCUT2D eigenvalue weighted by Crippen LogP contribution is 2.32. The van der Waals surface area contributed by atoms with Gasteiger partial charge in [0.05, 0.1) is 15.2 Å². The average molecular weight is 420 g/mol. The molecule has 1 heterocycles. The van der Waals surface area contributed by atoms with Crippen LogP contribution in [0.3, 0.4) is 0 Å². The maximum Gasteiger partial charge on any atom is 0.244 e. The summed E-state index contributed by atoms with van der Waals surface area (Å²) in [6, 6.07) is 12.2. The highest BCUT2D eigenvalue weighted by atomic mass is 35.5. The molecule has 0 bridgehead atoms. The van der Waals surface area contributed by atoms with E-state index in [9.17, 15) is 16.8 Å². The van der Waals surface area contributed by atoms with E-state index < -0.39 is 25.1 Å². The molecule has 1 saturated heterocycles. The Balaban J connectivity index is 1.89. The lowest BCUT2D eigenvalue weighted by molar-refractivity contribution is 0.476. The second-order valence-corrected chi connectivity index (χ2v) is 10.7. The first-order valence-electron chi connectivity index (χ1n) is 7.47. The van der Waals surface area contributed by atoms with Gasteiger partial charge in [0.25, 0.3) is 0 Å². The zero-order valence-corrected chi connectivity index (χ0v) is 16.1. The summed E-state index contributed by atoms with van der Waals surface area (Å²) in [5.41, 5.74) is 0. The van der Waals surface area contributed by atoms with E-state index in [1.807, 2.05) is 0 Å². The van der Waals surface area contributed by atoms with Crippen molar-refractivity contribution in [2.45, 2.75) is 21.5 Å². The molecule has 0 N–H and O–H groups in total. The summed E-state index contributed by atoms with van der Waals surface area (Å²) in [6.07, 6.45) is 0.231. The first-order valence-corrected chi connectivity index (χ1v) is 11.2. The third kappa shape index (κ3) is 3.57. The van der Waals surface area contributed by atoms with Crippen molar-refractivity contribution in [3.05, 3.63) is 58.6 Å². The molecular weight excluding hydrogens is 405 g/mol. The van der Waals surface area contributed by atoms with Crippen LogP contribution in [-0.2, 0) is 19.9 Å². The van der Waals surface area contributed by atoms with E-state index in [1.54, 1.807) is 18.2 Å². The molecule has 1 atom stereocenters. The molecule has 0 saturated carbocycles. The van der Waals surface area contributed by atoms with E-state index in [0.29, 0.717) is 0 Å². The fourth-order valence-electron chi connectivity index (χ4n) is 2.79. The van der Waals surface area contributed by atoms with Crippen molar-refractivity contribution in [1.82, 2.24) is 4.31 Å². The second kappa shape index (κ2) is 6.89. The summed E-state index contributed by atoms with van der Waals surface area (Å²) < 4.78 is 52.1. The lowest BCUT2D eigenvalue weighted by Gasteiger charge is -2.18. The Bertz CT molecular complexity index is 992. The van der Waals surface area contributed by atoms with Crippen LogP contribution in [0.2, 0.25) is 10.0 Å². The maximum atomic E-state index is 12.8. The molecule has 2 aromatic rings. The van der Waals surface area contributed by atoms with Crippen LogP contribution in [0.4, 0.5) is 0 Å². The third-order valence-electron chi connectivity index (χ3n) is 4.13. The zero-order valence-electron chi connectivity index (χ0n) is 13.0. The molecule has 1 aliphatic heterocycles. The molecule has 0 unspecified atom stereocenters. The van der Waals surface area contributed by atoms with Crippen molar-refractivity contribution < 1.29 is 16.8 Å². The van der Waals surface area contributed by atoms with Crippen LogP contribution in [0.25, 0.3) is 0 Å². The van der Waals surface area contributed by atoms with Gasteiger partial charge in [0.2, 0.25) is 10.0 Å². The number of sulfone groups is 1. The van der Waals surface area contributed by atoms with E-state index in [4.69, 9.17) is 23.2 Å². The molecule has 2 aromatic carbocycles. The Kier molecular flexibility index (Phi) is 5.14. The van der Waals surface area contributed by atoms with E-state index >= 15 is 0 Å². The van der Waals surface area contributed by atoms with Gasteiger partial charge < -0.3 is 0 Å². The minimum atomic E-state index is -3.91. The first kappa shape index (κ1) is 18.7. The van der Waals surface area contributed by atoms with Gasteiger partial charge in [-0.25, -0.2) is 16.8 Å². The Morgan fingerprint density at radius 1 is 0.960 bits per heavy atom. The Morgan fingerprint density at radius 3 is 2.32 bits per heavy atom. The van der Waals surface area contributed by atoms with Crippen molar-refractivity contribution in [3.8, 4) is 0 Å². The van der Waals surface area contributed by atoms with Crippen LogP contribution in [0.5, 0.6) is 0 Å². The van der Waals surface area contributed by atoms with Crippen molar-refractivity contribution in [1.29, 1.82) is 0 Å². The highest BCUT2D eigenvalue weighted by molar-refractivity contribution is 7.92. The molecule has 1 fully saturated rings. The van der Waals surface area contributed by atoms with Crippen molar-refractivity contribution in [2.75, 3.05) is 13.1 Å². The van der Waals surface area contributed by atoms with Crippen molar-refractivity contribution in [3.63, 3.8) is 0 Å². The van der Waals surface area contributed by atoms with Gasteiger partial charge in [-0.05, 0) is 36.8 Å². The quantitative estimate of drug-likeness (QED) is 0.762. The zero-order chi connectivity index (χ0) is 18.2. The summed E-state index contributed by atoms with van der Waals surface area (Å²) in [5.74, 6) is 0. The Hall–Kier alpha value is -1.12. The summed E-state index contributed by atoms with van der Waals surface area (Å²) in [5, 5.41) is -0.489. The highest BCUT2D eigenvalue weighted by Gasteiger charge is 2.40. The fourth-order valence-corrected chi connectivity index (χ4v) is 6.83. The molecule has 3 rings (SSSR count). The lowest BCUT2D eigenvalue weighted by Crippen LogP contribution is -2.32. The monoisotopic (exact) mass is 419 g/mol. The van der Waals surface area contributed by atoms with Crippen LogP contribution in [-0.4, -0.2) is 39.5 Å². The lowest BCUT2D eigenvalue weighted by atomic mass is 10.4. The number of halogens is 2. The molecule has 0 aliphatic carbocycles. The predicted octanol–water partition coefficient (Wildman–Crippen LogP) is 3.23. The van der Waals surface area contributed by atoms with E-state index in [0.717, 1.165) is 4.31 Å². The molecule has 134 valence electrons. The minimum absolute atomic E-state index is 0.0544. The van der Waals surface area contributed by atoms with E-state index in [-0.39, 0.29) is 39.3 Å². The molecule has 0 amide bonds. The molecular formula is C16H15Cl2NO4S2. The Labute approximate surface area is 157 Å². The molecule has 0 spiro atoms. The number of nitrogens with zero attached hydrogens (tertiary/aromatic N) is 1. The fraction of sp³-hybridized carbons (Fsp3) is 0.250. The van der Waals surface area contributed by atoms with Gasteiger partial charge in [-0.3, -0.25) is 0 Å². The van der Waals surface area contributed by atoms with Gasteiger partial charge in [0.15, 0.2) is 9.84 Å². The van der Waals surface area contributed by atoms with Gasteiger partial charge in [-0.2, -0.15) is 4.31 Å². The number of rotatable bonds is 4. The third-order valence-corrected chi connectivity index (χ3v) is 8.90. The molecule has 1 aliphatic rings. The van der Waals surface area contributed by atoms with Gasteiger partial charge in [0, 0.05) is 18.1 Å². The van der Waals surface area contributed by atoms with Crippen molar-refractivity contribution in [2.24, 2.45) is 0 Å². The SMILES string of the molecule is O=S(=O)(c1ccccc1)[C@H]1CCN(S(=O)(=O)c2cc(Cl)ccc2Cl)C1. The molecule has 25 heavy (non-hydrogen) atoms. The first-order chi connectivity index (χ1) is 11.7. The Morgan fingerprint density at radius 2 is 1.64 bits per heavy atom. The van der Waals surface area contributed by atoms with E-state index in [2.05, 4.69) is 0 Å². The molecule has 9 heteroatoms. The van der Waals surface area contributed by atoms with E-state index in [1.165, 1.54) is 30.3 Å². The summed E-state index contributed by atoms with van der Waals surface area (Å²) in [4.78, 5) is 0.0828. The second-order valence-electron chi connectivity index (χ2n) is 5.71. The topological polar surface area (TPSA) is 71.5 Å². The van der Waals surface area contributed by atoms with Gasteiger partial charge >= 0.3 is 0 Å². The smallest absolute Gasteiger partial charge is 0.223 e. The van der Waals surface area contributed by atoms with Gasteiger partial charge in [-0.15, -0.1) is 0 Å². The van der Waals surface area contributed by atoms with Gasteiger partial charge in [0.1, 0.15) is 4.90 Å². The summed E-state index contributed by atoms with van der Waals surface area (Å²) in [6.45, 7) is 0.00427. The summed E-state index contributed by atoms with van der Waals surface area (Å²) in [7, 11) is -7.51. The van der Waals surface area contributed by atoms with Gasteiger partial charge in [-0.1, -0.05) is 41.4 Å². The van der Waals surface area contributed by atoms with Crippen molar-refractivity contribution >= 4 is 43.1 Å². The van der Waals surface area contributed by atoms with Crippen LogP contribution in [0, 0.1) is 0 Å². The normalized spacial score (nSPS) is 19.2. The number of hydrogen-bond donors (Lipinski definition) is 0. The number of benzene rings is 2. The maximum absolute atomic E-state index is 12.8. The molecule has 0 aromatic heterocycles. The molecule has 5 nitrogen and oxygen atoms in total. The minimum Gasteiger partial charge on any atom is -0.223 e. The average Bonchev–Trinajstić information content (AvgIpc) is 3.09. The largest absolute Gasteiger partial charge is 0.244 e. The van der Waals surface area contributed by atoms with Crippen LogP contribution in [0.1, 0.15) is 6.42 Å². The predicted molar refractivity (Wildman–Crippen MR) is 97.3 cm³/mol. The molecule has 0 radical (unpaired) electrons. The number of hydrogen-bond acceptors (Lipinski definition) is 4. The van der Waals surface area contributed by atoms with Crippen LogP contribution < -0.4 is 0 Å².